The van der Waals surface area contributed by atoms with Crippen LogP contribution in [0.3, 0.4) is 0 Å². The zero-order valence-corrected chi connectivity index (χ0v) is 28.6. The Morgan fingerprint density at radius 2 is 1.69 bits per heavy atom. The molecular formula is C35H47FN6O7. The molecule has 2 aromatic rings. The molecule has 2 N–H and O–H groups in total. The van der Waals surface area contributed by atoms with E-state index < -0.39 is 6.09 Å². The number of amides is 3. The molecule has 3 fully saturated rings. The standard InChI is InChI=1S/C35H47FN6O7/c1-21-13-39(29(15-41(21)35(45)46)14-40-22(2)17-48-18-23(40)3)16-31(43)42-24(4)19-49-34-30(42)12-26(11-25-5-7-27(36)8-6-25)32(38-34)33(44)37-28-9-10-47-20-28/h5-8,12,21-24,28-29H,9-11,13-20H2,1-4H3,(H,37,44)(H,45,46)/t21-,22-,23-,24?,28?,29+/m1/s1. The van der Waals surface area contributed by atoms with E-state index in [4.69, 9.17) is 14.2 Å². The topological polar surface area (TPSA) is 137 Å². The Kier molecular flexibility index (Phi) is 10.7. The maximum atomic E-state index is 14.4. The first-order valence-corrected chi connectivity index (χ1v) is 17.2. The number of carbonyl (C=O) groups excluding carboxylic acids is 2. The Bertz CT molecular complexity index is 1510. The monoisotopic (exact) mass is 682 g/mol. The Labute approximate surface area is 286 Å². The highest BCUT2D eigenvalue weighted by molar-refractivity contribution is 5.99. The van der Waals surface area contributed by atoms with E-state index in [-0.39, 0.29) is 91.6 Å². The fourth-order valence-electron chi connectivity index (χ4n) is 7.38. The summed E-state index contributed by atoms with van der Waals surface area (Å²) in [6.45, 7) is 11.7. The molecule has 4 aliphatic rings. The normalized spacial score (nSPS) is 27.8. The first kappa shape index (κ1) is 35.0. The van der Waals surface area contributed by atoms with Crippen LogP contribution in [0, 0.1) is 5.82 Å². The number of piperazine rings is 1. The average Bonchev–Trinajstić information content (AvgIpc) is 3.57. The molecule has 266 valence electrons. The summed E-state index contributed by atoms with van der Waals surface area (Å²) in [5.74, 6) is -0.704. The molecule has 0 radical (unpaired) electrons. The van der Waals surface area contributed by atoms with Crippen LogP contribution < -0.4 is 15.0 Å². The molecule has 6 atom stereocenters. The van der Waals surface area contributed by atoms with Gasteiger partial charge in [-0.3, -0.25) is 19.4 Å². The molecule has 0 aliphatic carbocycles. The minimum Gasteiger partial charge on any atom is -0.474 e. The van der Waals surface area contributed by atoms with Crippen LogP contribution >= 0.6 is 0 Å². The first-order valence-electron chi connectivity index (χ1n) is 17.2. The van der Waals surface area contributed by atoms with E-state index in [2.05, 4.69) is 33.9 Å². The highest BCUT2D eigenvalue weighted by Crippen LogP contribution is 2.36. The fourth-order valence-corrected chi connectivity index (χ4v) is 7.38. The van der Waals surface area contributed by atoms with Crippen LogP contribution in [0.25, 0.3) is 0 Å². The Balaban J connectivity index is 1.29. The van der Waals surface area contributed by atoms with E-state index in [1.165, 1.54) is 17.0 Å². The third kappa shape index (κ3) is 7.82. The van der Waals surface area contributed by atoms with Crippen molar-refractivity contribution in [1.82, 2.24) is 25.0 Å². The van der Waals surface area contributed by atoms with Gasteiger partial charge in [0, 0.05) is 50.4 Å². The van der Waals surface area contributed by atoms with Gasteiger partial charge in [0.05, 0.1) is 38.4 Å². The number of hydrogen-bond donors (Lipinski definition) is 2. The van der Waals surface area contributed by atoms with Crippen molar-refractivity contribution in [3.63, 3.8) is 0 Å². The first-order chi connectivity index (χ1) is 23.5. The number of nitrogens with zero attached hydrogens (tertiary/aromatic N) is 5. The van der Waals surface area contributed by atoms with Crippen LogP contribution in [0.15, 0.2) is 30.3 Å². The molecule has 0 spiro atoms. The second-order valence-corrected chi connectivity index (χ2v) is 13.9. The van der Waals surface area contributed by atoms with Crippen LogP contribution in [0.4, 0.5) is 14.9 Å². The predicted octanol–water partition coefficient (Wildman–Crippen LogP) is 2.61. The largest absolute Gasteiger partial charge is 0.474 e. The highest BCUT2D eigenvalue weighted by Gasteiger charge is 2.40. The van der Waals surface area contributed by atoms with Gasteiger partial charge in [0.2, 0.25) is 11.8 Å². The molecule has 2 unspecified atom stereocenters. The van der Waals surface area contributed by atoms with Crippen LogP contribution in [0.2, 0.25) is 0 Å². The van der Waals surface area contributed by atoms with E-state index in [1.54, 1.807) is 23.1 Å². The van der Waals surface area contributed by atoms with Gasteiger partial charge in [-0.25, -0.2) is 14.2 Å². The third-order valence-electron chi connectivity index (χ3n) is 10.1. The number of benzene rings is 1. The highest BCUT2D eigenvalue weighted by atomic mass is 19.1. The quantitative estimate of drug-likeness (QED) is 0.428. The molecule has 5 heterocycles. The van der Waals surface area contributed by atoms with Crippen molar-refractivity contribution in [3.8, 4) is 5.88 Å². The van der Waals surface area contributed by atoms with Gasteiger partial charge in [-0.05, 0) is 69.9 Å². The number of rotatable bonds is 8. The van der Waals surface area contributed by atoms with Gasteiger partial charge < -0.3 is 34.4 Å². The molecule has 49 heavy (non-hydrogen) atoms. The Hall–Kier alpha value is -3.85. The van der Waals surface area contributed by atoms with Crippen molar-refractivity contribution in [3.05, 3.63) is 53.0 Å². The van der Waals surface area contributed by atoms with Crippen molar-refractivity contribution in [2.75, 3.05) is 64.1 Å². The van der Waals surface area contributed by atoms with Crippen LogP contribution in [0.5, 0.6) is 5.88 Å². The van der Waals surface area contributed by atoms with Crippen molar-refractivity contribution in [2.24, 2.45) is 0 Å². The average molecular weight is 683 g/mol. The smallest absolute Gasteiger partial charge is 0.407 e. The number of nitrogens with one attached hydrogen (secondary N) is 1. The Morgan fingerprint density at radius 1 is 0.959 bits per heavy atom. The summed E-state index contributed by atoms with van der Waals surface area (Å²) in [4.78, 5) is 52.4. The number of carbonyl (C=O) groups is 3. The van der Waals surface area contributed by atoms with Gasteiger partial charge in [-0.15, -0.1) is 0 Å². The molecule has 1 aromatic carbocycles. The third-order valence-corrected chi connectivity index (χ3v) is 10.1. The molecule has 3 amide bonds. The number of carboxylic acid groups (broad SMARTS) is 1. The number of morpholine rings is 1. The number of anilines is 1. The van der Waals surface area contributed by atoms with Crippen LogP contribution in [-0.2, 0) is 20.7 Å². The zero-order chi connectivity index (χ0) is 34.8. The van der Waals surface area contributed by atoms with E-state index in [0.29, 0.717) is 57.2 Å². The summed E-state index contributed by atoms with van der Waals surface area (Å²) in [5, 5.41) is 13.0. The molecule has 0 saturated carbocycles. The number of aromatic nitrogens is 1. The summed E-state index contributed by atoms with van der Waals surface area (Å²) in [6, 6.07) is 7.20. The van der Waals surface area contributed by atoms with E-state index in [0.717, 1.165) is 5.56 Å². The van der Waals surface area contributed by atoms with Gasteiger partial charge in [0.15, 0.2) is 0 Å². The molecular weight excluding hydrogens is 635 g/mol. The summed E-state index contributed by atoms with van der Waals surface area (Å²) in [6.07, 6.45) is 0.0136. The minimum absolute atomic E-state index is 0.0660. The van der Waals surface area contributed by atoms with Gasteiger partial charge >= 0.3 is 6.09 Å². The van der Waals surface area contributed by atoms with Crippen molar-refractivity contribution in [2.45, 2.75) is 76.8 Å². The van der Waals surface area contributed by atoms with E-state index in [9.17, 15) is 23.9 Å². The van der Waals surface area contributed by atoms with Gasteiger partial charge in [-0.2, -0.15) is 0 Å². The SMILES string of the molecule is CC1COc2nc(C(=O)NC3CCOC3)c(Cc3ccc(F)cc3)cc2N1C(=O)CN1C[C@@H](C)N(C(=O)O)C[C@@H]1CN1[C@H](C)COC[C@H]1C. The van der Waals surface area contributed by atoms with E-state index >= 15 is 0 Å². The lowest BCUT2D eigenvalue weighted by Crippen LogP contribution is -2.65. The lowest BCUT2D eigenvalue weighted by molar-refractivity contribution is -0.122. The van der Waals surface area contributed by atoms with Gasteiger partial charge in [-0.1, -0.05) is 12.1 Å². The number of ether oxygens (including phenoxy) is 3. The molecule has 4 aliphatic heterocycles. The van der Waals surface area contributed by atoms with E-state index in [1.807, 2.05) is 13.8 Å². The molecule has 14 heteroatoms. The molecule has 6 rings (SSSR count). The minimum atomic E-state index is -0.970. The Morgan fingerprint density at radius 3 is 2.37 bits per heavy atom. The summed E-state index contributed by atoms with van der Waals surface area (Å²) in [5.41, 5.74) is 2.01. The molecule has 3 saturated heterocycles. The maximum absolute atomic E-state index is 14.4. The summed E-state index contributed by atoms with van der Waals surface area (Å²) in [7, 11) is 0. The summed E-state index contributed by atoms with van der Waals surface area (Å²) >= 11 is 0. The lowest BCUT2D eigenvalue weighted by atomic mass is 10.0. The number of hydrogen-bond acceptors (Lipinski definition) is 9. The van der Waals surface area contributed by atoms with Crippen molar-refractivity contribution in [1.29, 1.82) is 0 Å². The van der Waals surface area contributed by atoms with Crippen LogP contribution in [-0.4, -0.2) is 138 Å². The molecule has 13 nitrogen and oxygen atoms in total. The van der Waals surface area contributed by atoms with Crippen molar-refractivity contribution >= 4 is 23.6 Å². The number of pyridine rings is 1. The van der Waals surface area contributed by atoms with Gasteiger partial charge in [0.25, 0.3) is 5.91 Å². The molecule has 0 bridgehead atoms. The molecule has 1 aromatic heterocycles. The lowest BCUT2D eigenvalue weighted by Gasteiger charge is -2.48. The second kappa shape index (κ2) is 15.0. The van der Waals surface area contributed by atoms with Crippen LogP contribution in [0.1, 0.15) is 55.7 Å². The maximum Gasteiger partial charge on any atom is 0.407 e. The number of halogens is 1. The van der Waals surface area contributed by atoms with Crippen molar-refractivity contribution < 1.29 is 38.1 Å². The van der Waals surface area contributed by atoms with Gasteiger partial charge in [0.1, 0.15) is 23.8 Å². The summed E-state index contributed by atoms with van der Waals surface area (Å²) < 4.78 is 30.9. The second-order valence-electron chi connectivity index (χ2n) is 13.9. The number of fused-ring (bicyclic) bond motifs is 1. The zero-order valence-electron chi connectivity index (χ0n) is 28.6. The fraction of sp³-hybridized carbons (Fsp3) is 0.600. The predicted molar refractivity (Wildman–Crippen MR) is 179 cm³/mol.